The molecule has 0 saturated heterocycles. The molecular formula is C27H24N4O2. The summed E-state index contributed by atoms with van der Waals surface area (Å²) in [6, 6.07) is 29.7. The third-order valence-electron chi connectivity index (χ3n) is 5.62. The van der Waals surface area contributed by atoms with Gasteiger partial charge < -0.3 is 15.0 Å². The van der Waals surface area contributed by atoms with Gasteiger partial charge in [0.15, 0.2) is 0 Å². The lowest BCUT2D eigenvalue weighted by atomic mass is 10.1. The van der Waals surface area contributed by atoms with Crippen molar-refractivity contribution in [2.45, 2.75) is 13.1 Å². The molecule has 0 saturated carbocycles. The number of pyridine rings is 1. The van der Waals surface area contributed by atoms with E-state index in [0.717, 1.165) is 28.1 Å². The second kappa shape index (κ2) is 9.14. The van der Waals surface area contributed by atoms with Gasteiger partial charge in [0.2, 0.25) is 0 Å². The highest BCUT2D eigenvalue weighted by molar-refractivity contribution is 5.92. The molecule has 0 amide bonds. The molecular weight excluding hydrogens is 412 g/mol. The minimum absolute atomic E-state index is 0.124. The van der Waals surface area contributed by atoms with Crippen LogP contribution in [0.4, 0.5) is 0 Å². The summed E-state index contributed by atoms with van der Waals surface area (Å²) in [6.45, 7) is 1.14. The minimum Gasteiger partial charge on any atom is -0.497 e. The predicted molar refractivity (Wildman–Crippen MR) is 131 cm³/mol. The van der Waals surface area contributed by atoms with E-state index in [2.05, 4.69) is 22.4 Å². The number of aromatic amines is 1. The largest absolute Gasteiger partial charge is 0.497 e. The molecule has 2 N–H and O–H groups in total. The number of benzene rings is 3. The Morgan fingerprint density at radius 1 is 0.909 bits per heavy atom. The number of aromatic nitrogens is 3. The first-order valence-electron chi connectivity index (χ1n) is 10.8. The highest BCUT2D eigenvalue weighted by Gasteiger charge is 2.17. The fraction of sp³-hybridized carbons (Fsp3) is 0.111. The number of ether oxygens (including phenoxy) is 1. The van der Waals surface area contributed by atoms with E-state index in [1.54, 1.807) is 11.8 Å². The summed E-state index contributed by atoms with van der Waals surface area (Å²) in [6.07, 6.45) is 0. The summed E-state index contributed by atoms with van der Waals surface area (Å²) in [5, 5.41) is 9.14. The third-order valence-corrected chi connectivity index (χ3v) is 5.62. The fourth-order valence-corrected chi connectivity index (χ4v) is 3.90. The highest BCUT2D eigenvalue weighted by atomic mass is 16.5. The molecule has 6 nitrogen and oxygen atoms in total. The second-order valence-corrected chi connectivity index (χ2v) is 7.80. The minimum atomic E-state index is -0.124. The molecule has 164 valence electrons. The van der Waals surface area contributed by atoms with Gasteiger partial charge >= 0.3 is 0 Å². The Hall–Kier alpha value is -4.16. The van der Waals surface area contributed by atoms with Gasteiger partial charge in [0.05, 0.1) is 12.8 Å². The van der Waals surface area contributed by atoms with Crippen LogP contribution in [0.3, 0.4) is 0 Å². The van der Waals surface area contributed by atoms with Gasteiger partial charge in [-0.05, 0) is 48.0 Å². The van der Waals surface area contributed by atoms with Crippen LogP contribution in [-0.2, 0) is 13.1 Å². The number of H-pyrrole nitrogens is 1. The number of rotatable bonds is 7. The summed E-state index contributed by atoms with van der Waals surface area (Å²) >= 11 is 0. The van der Waals surface area contributed by atoms with E-state index in [-0.39, 0.29) is 5.56 Å². The maximum Gasteiger partial charge on any atom is 0.254 e. The van der Waals surface area contributed by atoms with E-state index in [4.69, 9.17) is 9.84 Å². The molecule has 3 aromatic carbocycles. The van der Waals surface area contributed by atoms with Gasteiger partial charge in [-0.15, -0.1) is 0 Å². The molecule has 0 aliphatic rings. The predicted octanol–water partition coefficient (Wildman–Crippen LogP) is 4.68. The Morgan fingerprint density at radius 2 is 1.61 bits per heavy atom. The summed E-state index contributed by atoms with van der Waals surface area (Å²) in [5.74, 6) is 0.782. The zero-order chi connectivity index (χ0) is 22.6. The van der Waals surface area contributed by atoms with Crippen molar-refractivity contribution in [1.29, 1.82) is 0 Å². The molecule has 5 aromatic rings. The zero-order valence-corrected chi connectivity index (χ0v) is 18.3. The maximum absolute atomic E-state index is 12.9. The number of nitrogens with zero attached hydrogens (tertiary/aromatic N) is 2. The van der Waals surface area contributed by atoms with Crippen LogP contribution in [0.5, 0.6) is 5.75 Å². The lowest BCUT2D eigenvalue weighted by Crippen LogP contribution is -2.21. The van der Waals surface area contributed by atoms with Crippen molar-refractivity contribution < 1.29 is 4.74 Å². The number of nitrogens with one attached hydrogen (secondary N) is 2. The van der Waals surface area contributed by atoms with Crippen LogP contribution in [0.2, 0.25) is 0 Å². The van der Waals surface area contributed by atoms with Crippen molar-refractivity contribution in [2.75, 3.05) is 7.11 Å². The first-order chi connectivity index (χ1) is 16.2. The van der Waals surface area contributed by atoms with Gasteiger partial charge in [0, 0.05) is 29.6 Å². The van der Waals surface area contributed by atoms with Crippen LogP contribution in [-0.4, -0.2) is 21.9 Å². The number of hydrogen-bond donors (Lipinski definition) is 2. The quantitative estimate of drug-likeness (QED) is 0.389. The van der Waals surface area contributed by atoms with E-state index in [1.807, 2.05) is 78.9 Å². The van der Waals surface area contributed by atoms with E-state index in [0.29, 0.717) is 24.3 Å². The molecule has 0 bridgehead atoms. The Morgan fingerprint density at radius 3 is 2.30 bits per heavy atom. The van der Waals surface area contributed by atoms with Crippen LogP contribution >= 0.6 is 0 Å². The molecule has 0 aliphatic heterocycles. The van der Waals surface area contributed by atoms with Gasteiger partial charge in [0.25, 0.3) is 5.56 Å². The first kappa shape index (κ1) is 20.7. The van der Waals surface area contributed by atoms with Crippen LogP contribution in [0.25, 0.3) is 28.0 Å². The Labute approximate surface area is 191 Å². The average molecular weight is 437 g/mol. The monoisotopic (exact) mass is 436 g/mol. The maximum atomic E-state index is 12.9. The number of fused-ring (bicyclic) bond motifs is 1. The Bertz CT molecular complexity index is 1420. The number of hydrogen-bond acceptors (Lipinski definition) is 4. The molecule has 0 aliphatic carbocycles. The van der Waals surface area contributed by atoms with E-state index < -0.39 is 0 Å². The van der Waals surface area contributed by atoms with Crippen molar-refractivity contribution in [3.05, 3.63) is 112 Å². The highest BCUT2D eigenvalue weighted by Crippen LogP contribution is 2.30. The molecule has 0 unspecified atom stereocenters. The molecule has 0 atom stereocenters. The molecule has 0 spiro atoms. The molecule has 2 aromatic heterocycles. The van der Waals surface area contributed by atoms with Gasteiger partial charge in [-0.2, -0.15) is 5.10 Å². The van der Waals surface area contributed by atoms with Crippen molar-refractivity contribution in [1.82, 2.24) is 20.1 Å². The molecule has 33 heavy (non-hydrogen) atoms. The third kappa shape index (κ3) is 4.29. The molecule has 5 rings (SSSR count). The number of methoxy groups -OCH3 is 1. The van der Waals surface area contributed by atoms with Crippen LogP contribution in [0, 0.1) is 0 Å². The van der Waals surface area contributed by atoms with Crippen LogP contribution < -0.4 is 15.6 Å². The summed E-state index contributed by atoms with van der Waals surface area (Å²) in [4.78, 5) is 16.0. The topological polar surface area (TPSA) is 71.9 Å². The van der Waals surface area contributed by atoms with Crippen molar-refractivity contribution in [3.8, 4) is 22.7 Å². The molecule has 0 fully saturated rings. The van der Waals surface area contributed by atoms with E-state index >= 15 is 0 Å². The zero-order valence-electron chi connectivity index (χ0n) is 18.3. The van der Waals surface area contributed by atoms with Gasteiger partial charge in [-0.25, -0.2) is 4.68 Å². The van der Waals surface area contributed by atoms with Crippen molar-refractivity contribution in [2.24, 2.45) is 0 Å². The van der Waals surface area contributed by atoms with Gasteiger partial charge in [-0.3, -0.25) is 4.79 Å². The lowest BCUT2D eigenvalue weighted by molar-refractivity contribution is 0.415. The Balaban J connectivity index is 1.57. The van der Waals surface area contributed by atoms with E-state index in [9.17, 15) is 4.79 Å². The SMILES string of the molecule is COc1ccc(-c2nn(-c3ccccc3)c3[nH]c(=O)c(CNCc4ccccc4)cc23)cc1. The lowest BCUT2D eigenvalue weighted by Gasteiger charge is -2.06. The normalized spacial score (nSPS) is 11.1. The molecule has 2 heterocycles. The van der Waals surface area contributed by atoms with Crippen molar-refractivity contribution >= 4 is 11.0 Å². The summed E-state index contributed by atoms with van der Waals surface area (Å²) in [5.41, 5.74) is 5.02. The second-order valence-electron chi connectivity index (χ2n) is 7.80. The fourth-order valence-electron chi connectivity index (χ4n) is 3.90. The van der Waals surface area contributed by atoms with E-state index in [1.165, 1.54) is 5.56 Å². The number of para-hydroxylation sites is 1. The van der Waals surface area contributed by atoms with Gasteiger partial charge in [0.1, 0.15) is 17.1 Å². The summed E-state index contributed by atoms with van der Waals surface area (Å²) in [7, 11) is 1.65. The summed E-state index contributed by atoms with van der Waals surface area (Å²) < 4.78 is 7.09. The molecule has 0 radical (unpaired) electrons. The first-order valence-corrected chi connectivity index (χ1v) is 10.8. The Kier molecular flexibility index (Phi) is 5.74. The van der Waals surface area contributed by atoms with Crippen LogP contribution in [0.15, 0.2) is 95.8 Å². The standard InChI is InChI=1S/C27H24N4O2/c1-33-23-14-12-20(13-15-23)25-24-16-21(18-28-17-19-8-4-2-5-9-19)27(32)29-26(24)31(30-25)22-10-6-3-7-11-22/h2-16,28H,17-18H2,1H3,(H,29,32). The molecule has 6 heteroatoms. The van der Waals surface area contributed by atoms with Crippen LogP contribution in [0.1, 0.15) is 11.1 Å². The van der Waals surface area contributed by atoms with Gasteiger partial charge in [-0.1, -0.05) is 48.5 Å². The van der Waals surface area contributed by atoms with Crippen molar-refractivity contribution in [3.63, 3.8) is 0 Å². The average Bonchev–Trinajstić information content (AvgIpc) is 3.23. The smallest absolute Gasteiger partial charge is 0.254 e.